The van der Waals surface area contributed by atoms with Gasteiger partial charge in [-0.1, -0.05) is 46.1 Å². The van der Waals surface area contributed by atoms with Crippen LogP contribution in [0, 0.1) is 0 Å². The number of rotatable bonds is 14. The number of ether oxygens (including phenoxy) is 2. The molecule has 0 rings (SSSR count). The molecule has 0 amide bonds. The molecule has 7 heteroatoms. The first-order chi connectivity index (χ1) is 13.9. The van der Waals surface area contributed by atoms with E-state index in [9.17, 15) is 9.59 Å². The third-order valence-corrected chi connectivity index (χ3v) is 16.5. The second-order valence-corrected chi connectivity index (χ2v) is 21.0. The van der Waals surface area contributed by atoms with E-state index in [1.54, 1.807) is 13.8 Å². The molecule has 180 valence electrons. The van der Waals surface area contributed by atoms with Crippen LogP contribution in [-0.2, 0) is 23.5 Å². The van der Waals surface area contributed by atoms with Gasteiger partial charge in [-0.25, -0.2) is 9.59 Å². The highest BCUT2D eigenvalue weighted by Crippen LogP contribution is 2.45. The molecule has 0 heterocycles. The molecule has 0 bridgehead atoms. The van der Waals surface area contributed by atoms with Gasteiger partial charge in [0.15, 0.2) is 8.32 Å². The van der Waals surface area contributed by atoms with E-state index in [-0.39, 0.29) is 22.2 Å². The predicted molar refractivity (Wildman–Crippen MR) is 134 cm³/mol. The fraction of sp³-hybridized carbons (Fsp3) is 0.750. The number of esters is 2. The average Bonchev–Trinajstić information content (AvgIpc) is 2.60. The van der Waals surface area contributed by atoms with E-state index in [4.69, 9.17) is 13.9 Å². The van der Waals surface area contributed by atoms with Crippen LogP contribution in [0.2, 0.25) is 37.3 Å². The van der Waals surface area contributed by atoms with Crippen LogP contribution in [0.1, 0.15) is 60.8 Å². The van der Waals surface area contributed by atoms with Crippen LogP contribution in [0.25, 0.3) is 0 Å². The molecule has 0 aliphatic carbocycles. The molecular weight excluding hydrogens is 424 g/mol. The maximum atomic E-state index is 11.6. The van der Waals surface area contributed by atoms with Crippen molar-refractivity contribution in [1.29, 1.82) is 0 Å². The van der Waals surface area contributed by atoms with Gasteiger partial charge in [0, 0.05) is 16.4 Å². The zero-order valence-electron chi connectivity index (χ0n) is 21.7. The van der Waals surface area contributed by atoms with Gasteiger partial charge in [0.1, 0.15) is 0 Å². The van der Waals surface area contributed by atoms with Gasteiger partial charge >= 0.3 is 11.9 Å². The van der Waals surface area contributed by atoms with Gasteiger partial charge < -0.3 is 13.9 Å². The van der Waals surface area contributed by atoms with Gasteiger partial charge in [0.25, 0.3) is 0 Å². The van der Waals surface area contributed by atoms with E-state index in [1.165, 1.54) is 0 Å². The number of carbonyl (C=O) groups is 2. The molecule has 0 fully saturated rings. The summed E-state index contributed by atoms with van der Waals surface area (Å²) in [6, 6.07) is 1.02. The van der Waals surface area contributed by atoms with Gasteiger partial charge in [-0.3, -0.25) is 0 Å². The van der Waals surface area contributed by atoms with Crippen LogP contribution >= 0.6 is 0 Å². The molecule has 0 aliphatic rings. The van der Waals surface area contributed by atoms with Crippen LogP contribution in [0.15, 0.2) is 24.3 Å². The zero-order chi connectivity index (χ0) is 24.7. The molecule has 0 N–H and O–H groups in total. The molecule has 0 unspecified atom stereocenters. The van der Waals surface area contributed by atoms with Crippen LogP contribution < -0.4 is 0 Å². The Labute approximate surface area is 192 Å². The highest BCUT2D eigenvalue weighted by atomic mass is 28.4. The SMILES string of the molecule is C=C(C)C(=O)OCCCC(C)(C)[Si](C)(C)OC(C)(C)[Si](C)(C)CCCOC(=O)C(=C)C. The van der Waals surface area contributed by atoms with E-state index in [1.807, 2.05) is 0 Å². The third kappa shape index (κ3) is 9.45. The van der Waals surface area contributed by atoms with Gasteiger partial charge in [0.2, 0.25) is 0 Å². The molecule has 0 saturated heterocycles. The molecule has 0 saturated carbocycles. The Morgan fingerprint density at radius 1 is 0.806 bits per heavy atom. The van der Waals surface area contributed by atoms with Crippen molar-refractivity contribution in [3.63, 3.8) is 0 Å². The van der Waals surface area contributed by atoms with Crippen molar-refractivity contribution < 1.29 is 23.5 Å². The first-order valence-corrected chi connectivity index (χ1v) is 17.3. The predicted octanol–water partition coefficient (Wildman–Crippen LogP) is 6.42. The summed E-state index contributed by atoms with van der Waals surface area (Å²) in [4.78, 5) is 23.2. The van der Waals surface area contributed by atoms with E-state index in [0.29, 0.717) is 24.4 Å². The maximum Gasteiger partial charge on any atom is 0.333 e. The lowest BCUT2D eigenvalue weighted by molar-refractivity contribution is -0.139. The lowest BCUT2D eigenvalue weighted by atomic mass is 10.1. The number of carbonyl (C=O) groups excluding carboxylic acids is 2. The Kier molecular flexibility index (Phi) is 11.2. The summed E-state index contributed by atoms with van der Waals surface area (Å²) in [7, 11) is -3.84. The lowest BCUT2D eigenvalue weighted by Gasteiger charge is -2.50. The van der Waals surface area contributed by atoms with Gasteiger partial charge in [-0.05, 0) is 65.1 Å². The first-order valence-electron chi connectivity index (χ1n) is 11.2. The summed E-state index contributed by atoms with van der Waals surface area (Å²) < 4.78 is 17.5. The van der Waals surface area contributed by atoms with Crippen molar-refractivity contribution in [3.05, 3.63) is 24.3 Å². The minimum Gasteiger partial charge on any atom is -0.462 e. The molecule has 0 atom stereocenters. The van der Waals surface area contributed by atoms with E-state index < -0.39 is 16.4 Å². The minimum absolute atomic E-state index is 0.0292. The molecule has 0 aromatic carbocycles. The first kappa shape index (κ1) is 29.8. The van der Waals surface area contributed by atoms with E-state index in [0.717, 1.165) is 25.3 Å². The summed E-state index contributed by atoms with van der Waals surface area (Å²) in [6.45, 7) is 29.6. The van der Waals surface area contributed by atoms with Crippen molar-refractivity contribution >= 4 is 28.3 Å². The topological polar surface area (TPSA) is 61.8 Å². The van der Waals surface area contributed by atoms with Crippen molar-refractivity contribution in [2.45, 2.75) is 103 Å². The summed E-state index contributed by atoms with van der Waals surface area (Å²) in [5.74, 6) is -0.646. The molecule has 0 spiro atoms. The Balaban J connectivity index is 4.88. The minimum atomic E-state index is -2.08. The van der Waals surface area contributed by atoms with Crippen LogP contribution in [-0.4, -0.2) is 46.8 Å². The molecule has 5 nitrogen and oxygen atoms in total. The number of hydrogen-bond donors (Lipinski definition) is 0. The quantitative estimate of drug-likeness (QED) is 0.127. The van der Waals surface area contributed by atoms with Gasteiger partial charge in [0.05, 0.1) is 21.3 Å². The van der Waals surface area contributed by atoms with Crippen molar-refractivity contribution in [1.82, 2.24) is 0 Å². The second kappa shape index (κ2) is 11.6. The monoisotopic (exact) mass is 470 g/mol. The molecule has 0 radical (unpaired) electrons. The largest absolute Gasteiger partial charge is 0.462 e. The Morgan fingerprint density at radius 3 is 1.65 bits per heavy atom. The summed E-state index contributed by atoms with van der Waals surface area (Å²) >= 11 is 0. The van der Waals surface area contributed by atoms with E-state index >= 15 is 0 Å². The van der Waals surface area contributed by atoms with Crippen molar-refractivity contribution in [2.24, 2.45) is 0 Å². The average molecular weight is 471 g/mol. The fourth-order valence-electron chi connectivity index (χ4n) is 3.12. The molecule has 0 aromatic heterocycles. The van der Waals surface area contributed by atoms with Crippen molar-refractivity contribution in [2.75, 3.05) is 13.2 Å². The standard InChI is InChI=1S/C24H46O5Si2/c1-19(2)21(25)27-16-13-15-23(5,6)31(11,12)29-24(7,8)30(9,10)18-14-17-28-22(26)20(3)4/h1,3,13-18H2,2,4-12H3. The molecular formula is C24H46O5Si2. The Bertz CT molecular complexity index is 607. The molecule has 0 aromatic rings. The summed E-state index contributed by atoms with van der Waals surface area (Å²) in [5.41, 5.74) is 0.866. The fourth-order valence-corrected chi connectivity index (χ4v) is 8.95. The van der Waals surface area contributed by atoms with E-state index in [2.05, 4.69) is 67.0 Å². The summed E-state index contributed by atoms with van der Waals surface area (Å²) in [6.07, 6.45) is 2.58. The Morgan fingerprint density at radius 2 is 1.23 bits per heavy atom. The van der Waals surface area contributed by atoms with Gasteiger partial charge in [-0.2, -0.15) is 0 Å². The Hall–Kier alpha value is -1.19. The van der Waals surface area contributed by atoms with Crippen LogP contribution in [0.3, 0.4) is 0 Å². The normalized spacial score (nSPS) is 13.0. The zero-order valence-corrected chi connectivity index (χ0v) is 23.7. The smallest absolute Gasteiger partial charge is 0.333 e. The highest BCUT2D eigenvalue weighted by Gasteiger charge is 2.49. The van der Waals surface area contributed by atoms with Gasteiger partial charge in [-0.15, -0.1) is 0 Å². The second-order valence-electron chi connectivity index (χ2n) is 10.9. The van der Waals surface area contributed by atoms with Crippen LogP contribution in [0.5, 0.6) is 0 Å². The van der Waals surface area contributed by atoms with Crippen molar-refractivity contribution in [3.8, 4) is 0 Å². The summed E-state index contributed by atoms with van der Waals surface area (Å²) in [5, 5.41) is -0.174. The van der Waals surface area contributed by atoms with Crippen LogP contribution in [0.4, 0.5) is 0 Å². The number of hydrogen-bond acceptors (Lipinski definition) is 5. The molecule has 0 aliphatic heterocycles. The lowest BCUT2D eigenvalue weighted by Crippen LogP contribution is -2.59. The molecule has 31 heavy (non-hydrogen) atoms. The maximum absolute atomic E-state index is 11.6. The third-order valence-electron chi connectivity index (χ3n) is 6.83. The highest BCUT2D eigenvalue weighted by molar-refractivity contribution is 6.82.